The summed E-state index contributed by atoms with van der Waals surface area (Å²) in [6.07, 6.45) is 6.82. The number of ketones is 1. The summed E-state index contributed by atoms with van der Waals surface area (Å²) in [5.41, 5.74) is 0.862. The molecule has 0 aliphatic heterocycles. The fourth-order valence-electron chi connectivity index (χ4n) is 2.14. The molecule has 1 heteroatoms. The number of hydrogen-bond acceptors (Lipinski definition) is 1. The molecular formula is C16H24O. The monoisotopic (exact) mass is 232 g/mol. The van der Waals surface area contributed by atoms with Crippen LogP contribution in [0.1, 0.15) is 62.7 Å². The predicted molar refractivity (Wildman–Crippen MR) is 73.3 cm³/mol. The molecule has 94 valence electrons. The van der Waals surface area contributed by atoms with E-state index in [2.05, 4.69) is 13.8 Å². The minimum absolute atomic E-state index is 0.300. The molecular weight excluding hydrogens is 208 g/mol. The van der Waals surface area contributed by atoms with E-state index in [0.29, 0.717) is 18.1 Å². The van der Waals surface area contributed by atoms with Crippen LogP contribution in [-0.2, 0) is 0 Å². The van der Waals surface area contributed by atoms with Crippen molar-refractivity contribution in [2.45, 2.75) is 52.4 Å². The zero-order valence-corrected chi connectivity index (χ0v) is 11.1. The van der Waals surface area contributed by atoms with Crippen molar-refractivity contribution in [2.75, 3.05) is 0 Å². The van der Waals surface area contributed by atoms with Crippen LogP contribution < -0.4 is 0 Å². The molecule has 1 rings (SSSR count). The first-order valence-corrected chi connectivity index (χ1v) is 6.86. The Kier molecular flexibility index (Phi) is 6.61. The first-order chi connectivity index (χ1) is 8.27. The van der Waals surface area contributed by atoms with Gasteiger partial charge >= 0.3 is 0 Å². The molecule has 0 radical (unpaired) electrons. The fraction of sp³-hybridized carbons (Fsp3) is 0.562. The molecule has 0 amide bonds. The Hall–Kier alpha value is -1.11. The van der Waals surface area contributed by atoms with E-state index in [1.54, 1.807) is 0 Å². The number of Topliss-reactive ketones (excluding diaryl/α,β-unsaturated/α-hetero) is 1. The maximum absolute atomic E-state index is 12.0. The average molecular weight is 232 g/mol. The van der Waals surface area contributed by atoms with E-state index in [4.69, 9.17) is 0 Å². The predicted octanol–water partition coefficient (Wildman–Crippen LogP) is 4.87. The first kappa shape index (κ1) is 14.0. The van der Waals surface area contributed by atoms with E-state index >= 15 is 0 Å². The number of unbranched alkanes of at least 4 members (excludes halogenated alkanes) is 2. The van der Waals surface area contributed by atoms with E-state index in [1.807, 2.05) is 30.3 Å². The Labute approximate surface area is 105 Å². The molecule has 0 aromatic heterocycles. The summed E-state index contributed by atoms with van der Waals surface area (Å²) in [4.78, 5) is 12.0. The second kappa shape index (κ2) is 8.05. The standard InChI is InChI=1S/C16H24O/c1-3-5-7-10-14(4-2)13-16(17)15-11-8-6-9-12-15/h6,8-9,11-12,14H,3-5,7,10,13H2,1-2H3/t14-/m1/s1. The van der Waals surface area contributed by atoms with Crippen molar-refractivity contribution in [1.82, 2.24) is 0 Å². The topological polar surface area (TPSA) is 17.1 Å². The number of rotatable bonds is 8. The van der Waals surface area contributed by atoms with Crippen LogP contribution in [0.5, 0.6) is 0 Å². The first-order valence-electron chi connectivity index (χ1n) is 6.86. The average Bonchev–Trinajstić information content (AvgIpc) is 2.38. The van der Waals surface area contributed by atoms with Crippen LogP contribution in [0.2, 0.25) is 0 Å². The zero-order valence-electron chi connectivity index (χ0n) is 11.1. The summed E-state index contributed by atoms with van der Waals surface area (Å²) < 4.78 is 0. The van der Waals surface area contributed by atoms with Crippen molar-refractivity contribution >= 4 is 5.78 Å². The van der Waals surface area contributed by atoms with Gasteiger partial charge in [-0.05, 0) is 5.92 Å². The summed E-state index contributed by atoms with van der Waals surface area (Å²) in [6.45, 7) is 4.41. The second-order valence-corrected chi connectivity index (χ2v) is 4.76. The van der Waals surface area contributed by atoms with Crippen molar-refractivity contribution in [1.29, 1.82) is 0 Å². The highest BCUT2D eigenvalue weighted by Crippen LogP contribution is 2.19. The van der Waals surface area contributed by atoms with Gasteiger partial charge < -0.3 is 0 Å². The van der Waals surface area contributed by atoms with Gasteiger partial charge in [0.15, 0.2) is 5.78 Å². The van der Waals surface area contributed by atoms with Crippen LogP contribution >= 0.6 is 0 Å². The molecule has 0 aliphatic rings. The van der Waals surface area contributed by atoms with Gasteiger partial charge in [0, 0.05) is 12.0 Å². The maximum Gasteiger partial charge on any atom is 0.163 e. The molecule has 0 fully saturated rings. The lowest BCUT2D eigenvalue weighted by atomic mass is 9.91. The van der Waals surface area contributed by atoms with Gasteiger partial charge in [0.05, 0.1) is 0 Å². The SMILES string of the molecule is CCCCC[C@@H](CC)CC(=O)c1ccccc1. The van der Waals surface area contributed by atoms with Crippen LogP contribution in [0.25, 0.3) is 0 Å². The number of carbonyl (C=O) groups excluding carboxylic acids is 1. The Morgan fingerprint density at radius 2 is 1.82 bits per heavy atom. The molecule has 1 nitrogen and oxygen atoms in total. The van der Waals surface area contributed by atoms with Crippen molar-refractivity contribution in [3.8, 4) is 0 Å². The molecule has 0 saturated carbocycles. The minimum atomic E-state index is 0.300. The van der Waals surface area contributed by atoms with Crippen molar-refractivity contribution in [2.24, 2.45) is 5.92 Å². The third kappa shape index (κ3) is 5.16. The van der Waals surface area contributed by atoms with Crippen molar-refractivity contribution < 1.29 is 4.79 Å². The van der Waals surface area contributed by atoms with Gasteiger partial charge in [-0.2, -0.15) is 0 Å². The molecule has 0 aliphatic carbocycles. The lowest BCUT2D eigenvalue weighted by Crippen LogP contribution is -2.08. The van der Waals surface area contributed by atoms with Crippen molar-refractivity contribution in [3.63, 3.8) is 0 Å². The van der Waals surface area contributed by atoms with E-state index in [9.17, 15) is 4.79 Å². The van der Waals surface area contributed by atoms with Gasteiger partial charge in [-0.1, -0.05) is 76.3 Å². The lowest BCUT2D eigenvalue weighted by Gasteiger charge is -2.13. The smallest absolute Gasteiger partial charge is 0.163 e. The maximum atomic E-state index is 12.0. The van der Waals surface area contributed by atoms with Gasteiger partial charge in [-0.3, -0.25) is 4.79 Å². The van der Waals surface area contributed by atoms with E-state index in [-0.39, 0.29) is 0 Å². The molecule has 0 N–H and O–H groups in total. The highest BCUT2D eigenvalue weighted by atomic mass is 16.1. The summed E-state index contributed by atoms with van der Waals surface area (Å²) in [7, 11) is 0. The van der Waals surface area contributed by atoms with Crippen molar-refractivity contribution in [3.05, 3.63) is 35.9 Å². The Morgan fingerprint density at radius 1 is 1.12 bits per heavy atom. The summed E-state index contributed by atoms with van der Waals surface area (Å²) in [6, 6.07) is 9.66. The quantitative estimate of drug-likeness (QED) is 0.462. The third-order valence-electron chi connectivity index (χ3n) is 3.36. The number of hydrogen-bond donors (Lipinski definition) is 0. The summed E-state index contributed by atoms with van der Waals surface area (Å²) in [5, 5.41) is 0. The van der Waals surface area contributed by atoms with Crippen LogP contribution in [0, 0.1) is 5.92 Å². The molecule has 1 aromatic rings. The normalized spacial score (nSPS) is 12.4. The Morgan fingerprint density at radius 3 is 2.41 bits per heavy atom. The second-order valence-electron chi connectivity index (χ2n) is 4.76. The molecule has 1 aromatic carbocycles. The Bertz CT molecular complexity index is 316. The van der Waals surface area contributed by atoms with E-state index in [1.165, 1.54) is 25.7 Å². The highest BCUT2D eigenvalue weighted by Gasteiger charge is 2.13. The molecule has 0 heterocycles. The number of benzene rings is 1. The molecule has 1 atom stereocenters. The molecule has 0 spiro atoms. The molecule has 17 heavy (non-hydrogen) atoms. The Balaban J connectivity index is 2.42. The van der Waals surface area contributed by atoms with Crippen LogP contribution in [0.3, 0.4) is 0 Å². The lowest BCUT2D eigenvalue weighted by molar-refractivity contribution is 0.0957. The summed E-state index contributed by atoms with van der Waals surface area (Å²) in [5.74, 6) is 0.864. The van der Waals surface area contributed by atoms with E-state index < -0.39 is 0 Å². The summed E-state index contributed by atoms with van der Waals surface area (Å²) >= 11 is 0. The highest BCUT2D eigenvalue weighted by molar-refractivity contribution is 5.96. The molecule has 0 bridgehead atoms. The van der Waals surface area contributed by atoms with Crippen LogP contribution in [-0.4, -0.2) is 5.78 Å². The van der Waals surface area contributed by atoms with Gasteiger partial charge in [0.2, 0.25) is 0 Å². The van der Waals surface area contributed by atoms with E-state index in [0.717, 1.165) is 12.0 Å². The number of carbonyl (C=O) groups is 1. The molecule has 0 unspecified atom stereocenters. The van der Waals surface area contributed by atoms with Gasteiger partial charge in [-0.25, -0.2) is 0 Å². The van der Waals surface area contributed by atoms with Gasteiger partial charge in [-0.15, -0.1) is 0 Å². The van der Waals surface area contributed by atoms with Crippen LogP contribution in [0.4, 0.5) is 0 Å². The third-order valence-corrected chi connectivity index (χ3v) is 3.36. The zero-order chi connectivity index (χ0) is 12.5. The van der Waals surface area contributed by atoms with Gasteiger partial charge in [0.1, 0.15) is 0 Å². The largest absolute Gasteiger partial charge is 0.294 e. The minimum Gasteiger partial charge on any atom is -0.294 e. The fourth-order valence-corrected chi connectivity index (χ4v) is 2.14. The van der Waals surface area contributed by atoms with Gasteiger partial charge in [0.25, 0.3) is 0 Å². The molecule has 0 saturated heterocycles. The van der Waals surface area contributed by atoms with Crippen LogP contribution in [0.15, 0.2) is 30.3 Å².